The largest absolute Gasteiger partial charge is 0.493 e. The lowest BCUT2D eigenvalue weighted by Crippen LogP contribution is -2.12. The fraction of sp³-hybridized carbons (Fsp3) is 0.409. The Morgan fingerprint density at radius 3 is 2.42 bits per heavy atom. The van der Waals surface area contributed by atoms with Gasteiger partial charge in [-0.1, -0.05) is 38.2 Å². The predicted octanol–water partition coefficient (Wildman–Crippen LogP) is 5.99. The van der Waals surface area contributed by atoms with E-state index in [0.29, 0.717) is 13.2 Å². The Hall–Kier alpha value is -2.07. The Labute approximate surface area is 162 Å². The summed E-state index contributed by atoms with van der Waals surface area (Å²) in [6.07, 6.45) is 1.83. The molecule has 0 spiro atoms. The molecule has 26 heavy (non-hydrogen) atoms. The van der Waals surface area contributed by atoms with E-state index in [1.807, 2.05) is 32.0 Å². The standard InChI is InChI=1S/C22H29NO2S/c1-6-17-12-16(5)21(13-15(17)4)25-14-18-19(23-22(26)7-2)10-9-11-20(18)24-8-3/h9-13H,6-8,14H2,1-5H3,(H,23,26). The van der Waals surface area contributed by atoms with Gasteiger partial charge in [-0.2, -0.15) is 0 Å². The van der Waals surface area contributed by atoms with Gasteiger partial charge in [0.05, 0.1) is 17.2 Å². The summed E-state index contributed by atoms with van der Waals surface area (Å²) >= 11 is 5.36. The molecule has 0 amide bonds. The van der Waals surface area contributed by atoms with Crippen molar-refractivity contribution in [2.24, 2.45) is 0 Å². The minimum absolute atomic E-state index is 0.427. The van der Waals surface area contributed by atoms with E-state index in [1.54, 1.807) is 0 Å². The first-order valence-electron chi connectivity index (χ1n) is 9.27. The van der Waals surface area contributed by atoms with Gasteiger partial charge in [-0.05, 0) is 68.5 Å². The topological polar surface area (TPSA) is 30.5 Å². The van der Waals surface area contributed by atoms with Crippen LogP contribution in [0.5, 0.6) is 11.5 Å². The second-order valence-corrected chi connectivity index (χ2v) is 6.80. The molecule has 0 aromatic heterocycles. The third kappa shape index (κ3) is 4.98. The summed E-state index contributed by atoms with van der Waals surface area (Å²) in [6, 6.07) is 10.3. The molecular weight excluding hydrogens is 342 g/mol. The SMILES string of the molecule is CCOc1cccc(NC(=S)CC)c1COc1cc(C)c(CC)cc1C. The first kappa shape index (κ1) is 20.2. The zero-order valence-electron chi connectivity index (χ0n) is 16.4. The average Bonchev–Trinajstić information content (AvgIpc) is 2.63. The number of rotatable bonds is 8. The smallest absolute Gasteiger partial charge is 0.127 e. The minimum atomic E-state index is 0.427. The van der Waals surface area contributed by atoms with Crippen LogP contribution in [0.15, 0.2) is 30.3 Å². The Morgan fingerprint density at radius 1 is 1.00 bits per heavy atom. The number of thiocarbonyl (C=S) groups is 1. The maximum Gasteiger partial charge on any atom is 0.127 e. The van der Waals surface area contributed by atoms with E-state index in [0.717, 1.165) is 46.1 Å². The van der Waals surface area contributed by atoms with Crippen LogP contribution in [-0.2, 0) is 13.0 Å². The van der Waals surface area contributed by atoms with E-state index >= 15 is 0 Å². The van der Waals surface area contributed by atoms with Crippen LogP contribution < -0.4 is 14.8 Å². The molecule has 0 fully saturated rings. The monoisotopic (exact) mass is 371 g/mol. The van der Waals surface area contributed by atoms with Crippen molar-refractivity contribution in [1.29, 1.82) is 0 Å². The van der Waals surface area contributed by atoms with Gasteiger partial charge in [0.2, 0.25) is 0 Å². The summed E-state index contributed by atoms with van der Waals surface area (Å²) in [4.78, 5) is 0.805. The lowest BCUT2D eigenvalue weighted by molar-refractivity contribution is 0.285. The van der Waals surface area contributed by atoms with Crippen molar-refractivity contribution < 1.29 is 9.47 Å². The molecular formula is C22H29NO2S. The highest BCUT2D eigenvalue weighted by Gasteiger charge is 2.13. The van der Waals surface area contributed by atoms with Crippen molar-refractivity contribution in [2.45, 2.75) is 54.1 Å². The molecule has 3 nitrogen and oxygen atoms in total. The number of anilines is 1. The van der Waals surface area contributed by atoms with Gasteiger partial charge in [-0.25, -0.2) is 0 Å². The first-order chi connectivity index (χ1) is 12.5. The van der Waals surface area contributed by atoms with E-state index in [2.05, 4.69) is 38.2 Å². The van der Waals surface area contributed by atoms with Crippen molar-refractivity contribution >= 4 is 22.9 Å². The van der Waals surface area contributed by atoms with Crippen molar-refractivity contribution in [3.05, 3.63) is 52.6 Å². The van der Waals surface area contributed by atoms with Gasteiger partial charge in [0.1, 0.15) is 18.1 Å². The number of aryl methyl sites for hydroxylation is 3. The van der Waals surface area contributed by atoms with Crippen LogP contribution in [0.3, 0.4) is 0 Å². The van der Waals surface area contributed by atoms with E-state index in [4.69, 9.17) is 21.7 Å². The third-order valence-corrected chi connectivity index (χ3v) is 4.81. The van der Waals surface area contributed by atoms with Crippen molar-refractivity contribution in [3.8, 4) is 11.5 Å². The molecule has 0 saturated carbocycles. The molecule has 4 heteroatoms. The summed E-state index contributed by atoms with van der Waals surface area (Å²) in [5.74, 6) is 1.74. The number of ether oxygens (including phenoxy) is 2. The van der Waals surface area contributed by atoms with Crippen LogP contribution in [0, 0.1) is 13.8 Å². The average molecular weight is 372 g/mol. The quantitative estimate of drug-likeness (QED) is 0.577. The fourth-order valence-electron chi connectivity index (χ4n) is 2.90. The fourth-order valence-corrected chi connectivity index (χ4v) is 3.01. The molecule has 0 atom stereocenters. The van der Waals surface area contributed by atoms with Crippen LogP contribution in [0.2, 0.25) is 0 Å². The molecule has 0 saturated heterocycles. The number of hydrogen-bond acceptors (Lipinski definition) is 3. The van der Waals surface area contributed by atoms with E-state index in [-0.39, 0.29) is 0 Å². The van der Waals surface area contributed by atoms with Crippen LogP contribution >= 0.6 is 12.2 Å². The van der Waals surface area contributed by atoms with Gasteiger partial charge in [-0.3, -0.25) is 0 Å². The number of benzene rings is 2. The normalized spacial score (nSPS) is 10.5. The molecule has 2 aromatic carbocycles. The van der Waals surface area contributed by atoms with E-state index < -0.39 is 0 Å². The molecule has 0 radical (unpaired) electrons. The van der Waals surface area contributed by atoms with Gasteiger partial charge in [0, 0.05) is 5.69 Å². The van der Waals surface area contributed by atoms with Gasteiger partial charge in [0.15, 0.2) is 0 Å². The minimum Gasteiger partial charge on any atom is -0.493 e. The maximum atomic E-state index is 6.18. The van der Waals surface area contributed by atoms with Crippen LogP contribution in [-0.4, -0.2) is 11.6 Å². The lowest BCUT2D eigenvalue weighted by Gasteiger charge is -2.18. The van der Waals surface area contributed by atoms with Gasteiger partial charge < -0.3 is 14.8 Å². The number of nitrogens with one attached hydrogen (secondary N) is 1. The van der Waals surface area contributed by atoms with E-state index in [9.17, 15) is 0 Å². The summed E-state index contributed by atoms with van der Waals surface area (Å²) in [6.45, 7) is 11.5. The number of hydrogen-bond donors (Lipinski definition) is 1. The second-order valence-electron chi connectivity index (χ2n) is 6.30. The Morgan fingerprint density at radius 2 is 1.77 bits per heavy atom. The van der Waals surface area contributed by atoms with Crippen molar-refractivity contribution in [1.82, 2.24) is 0 Å². The molecule has 1 N–H and O–H groups in total. The van der Waals surface area contributed by atoms with Crippen LogP contribution in [0.4, 0.5) is 5.69 Å². The Kier molecular flexibility index (Phi) is 7.46. The van der Waals surface area contributed by atoms with Gasteiger partial charge in [-0.15, -0.1) is 0 Å². The zero-order chi connectivity index (χ0) is 19.1. The zero-order valence-corrected chi connectivity index (χ0v) is 17.3. The molecule has 0 aliphatic heterocycles. The Balaban J connectivity index is 2.30. The van der Waals surface area contributed by atoms with Crippen molar-refractivity contribution in [2.75, 3.05) is 11.9 Å². The highest BCUT2D eigenvalue weighted by molar-refractivity contribution is 7.80. The highest BCUT2D eigenvalue weighted by Crippen LogP contribution is 2.30. The van der Waals surface area contributed by atoms with Crippen LogP contribution in [0.1, 0.15) is 49.4 Å². The maximum absolute atomic E-state index is 6.18. The summed E-state index contributed by atoms with van der Waals surface area (Å²) in [7, 11) is 0. The molecule has 0 aliphatic rings. The lowest BCUT2D eigenvalue weighted by atomic mass is 10.0. The highest BCUT2D eigenvalue weighted by atomic mass is 32.1. The van der Waals surface area contributed by atoms with Crippen molar-refractivity contribution in [3.63, 3.8) is 0 Å². The molecule has 2 rings (SSSR count). The van der Waals surface area contributed by atoms with Gasteiger partial charge >= 0.3 is 0 Å². The molecule has 0 bridgehead atoms. The predicted molar refractivity (Wildman–Crippen MR) is 114 cm³/mol. The van der Waals surface area contributed by atoms with E-state index in [1.165, 1.54) is 11.1 Å². The molecule has 140 valence electrons. The Bertz CT molecular complexity index is 771. The molecule has 0 unspecified atom stereocenters. The molecule has 2 aromatic rings. The molecule has 0 aliphatic carbocycles. The summed E-state index contributed by atoms with van der Waals surface area (Å²) in [5, 5.41) is 3.31. The van der Waals surface area contributed by atoms with Gasteiger partial charge in [0.25, 0.3) is 0 Å². The molecule has 0 heterocycles. The first-order valence-corrected chi connectivity index (χ1v) is 9.68. The third-order valence-electron chi connectivity index (χ3n) is 4.41. The van der Waals surface area contributed by atoms with Crippen LogP contribution in [0.25, 0.3) is 0 Å². The summed E-state index contributed by atoms with van der Waals surface area (Å²) in [5.41, 5.74) is 5.71. The second kappa shape index (κ2) is 9.58. The summed E-state index contributed by atoms with van der Waals surface area (Å²) < 4.78 is 12.0.